The van der Waals surface area contributed by atoms with E-state index in [1.807, 2.05) is 35.2 Å². The molecule has 1 aliphatic heterocycles. The molecule has 0 radical (unpaired) electrons. The van der Waals surface area contributed by atoms with Gasteiger partial charge in [0.25, 0.3) is 0 Å². The SMILES string of the molecule is Cc1ccc(CNC(=O)C2CCCCC2C(=O)N2CCc3ccccc32)cc1. The summed E-state index contributed by atoms with van der Waals surface area (Å²) in [6.07, 6.45) is 4.54. The first-order valence-corrected chi connectivity index (χ1v) is 10.4. The van der Waals surface area contributed by atoms with Gasteiger partial charge in [0.2, 0.25) is 11.8 Å². The van der Waals surface area contributed by atoms with Crippen molar-refractivity contribution in [3.8, 4) is 0 Å². The van der Waals surface area contributed by atoms with Crippen molar-refractivity contribution in [2.75, 3.05) is 11.4 Å². The van der Waals surface area contributed by atoms with Crippen LogP contribution in [-0.4, -0.2) is 18.4 Å². The lowest BCUT2D eigenvalue weighted by molar-refractivity contribution is -0.135. The predicted molar refractivity (Wildman–Crippen MR) is 111 cm³/mol. The number of amides is 2. The van der Waals surface area contributed by atoms with Gasteiger partial charge in [-0.15, -0.1) is 0 Å². The lowest BCUT2D eigenvalue weighted by atomic mass is 9.77. The quantitative estimate of drug-likeness (QED) is 0.877. The molecule has 28 heavy (non-hydrogen) atoms. The number of carbonyl (C=O) groups excluding carboxylic acids is 2. The summed E-state index contributed by atoms with van der Waals surface area (Å²) in [5, 5.41) is 3.07. The van der Waals surface area contributed by atoms with Crippen molar-refractivity contribution in [3.05, 3.63) is 65.2 Å². The number of hydrogen-bond acceptors (Lipinski definition) is 2. The van der Waals surface area contributed by atoms with E-state index < -0.39 is 0 Å². The molecule has 0 bridgehead atoms. The molecule has 4 heteroatoms. The number of hydrogen-bond donors (Lipinski definition) is 1. The molecule has 2 amide bonds. The number of nitrogens with zero attached hydrogens (tertiary/aromatic N) is 1. The molecule has 2 aromatic carbocycles. The normalized spacial score (nSPS) is 21.2. The number of rotatable bonds is 4. The molecule has 4 nitrogen and oxygen atoms in total. The molecule has 1 N–H and O–H groups in total. The fraction of sp³-hybridized carbons (Fsp3) is 0.417. The van der Waals surface area contributed by atoms with Crippen molar-refractivity contribution in [1.82, 2.24) is 5.32 Å². The lowest BCUT2D eigenvalue weighted by Crippen LogP contribution is -2.45. The second-order valence-electron chi connectivity index (χ2n) is 8.07. The highest BCUT2D eigenvalue weighted by Gasteiger charge is 2.39. The van der Waals surface area contributed by atoms with Crippen molar-refractivity contribution in [2.24, 2.45) is 11.8 Å². The van der Waals surface area contributed by atoms with Crippen LogP contribution < -0.4 is 10.2 Å². The molecule has 146 valence electrons. The van der Waals surface area contributed by atoms with Gasteiger partial charge in [-0.3, -0.25) is 9.59 Å². The minimum absolute atomic E-state index is 0.0195. The Hall–Kier alpha value is -2.62. The molecular formula is C24H28N2O2. The molecule has 1 aliphatic carbocycles. The zero-order chi connectivity index (χ0) is 19.5. The summed E-state index contributed by atoms with van der Waals surface area (Å²) in [5.74, 6) is -0.288. The van der Waals surface area contributed by atoms with Gasteiger partial charge < -0.3 is 10.2 Å². The van der Waals surface area contributed by atoms with Crippen LogP contribution in [0.15, 0.2) is 48.5 Å². The van der Waals surface area contributed by atoms with Crippen LogP contribution in [0, 0.1) is 18.8 Å². The van der Waals surface area contributed by atoms with Gasteiger partial charge in [0, 0.05) is 24.7 Å². The van der Waals surface area contributed by atoms with Crippen LogP contribution in [0.1, 0.15) is 42.4 Å². The molecular weight excluding hydrogens is 348 g/mol. The Labute approximate surface area is 166 Å². The largest absolute Gasteiger partial charge is 0.352 e. The van der Waals surface area contributed by atoms with E-state index >= 15 is 0 Å². The van der Waals surface area contributed by atoms with Gasteiger partial charge in [-0.25, -0.2) is 0 Å². The monoisotopic (exact) mass is 376 g/mol. The Kier molecular flexibility index (Phi) is 5.47. The van der Waals surface area contributed by atoms with E-state index in [0.29, 0.717) is 6.54 Å². The number of carbonyl (C=O) groups is 2. The summed E-state index contributed by atoms with van der Waals surface area (Å²) < 4.78 is 0. The number of para-hydroxylation sites is 1. The topological polar surface area (TPSA) is 49.4 Å². The van der Waals surface area contributed by atoms with E-state index in [1.165, 1.54) is 11.1 Å². The number of aryl methyl sites for hydroxylation is 1. The van der Waals surface area contributed by atoms with Crippen molar-refractivity contribution >= 4 is 17.5 Å². The highest BCUT2D eigenvalue weighted by molar-refractivity contribution is 5.99. The maximum Gasteiger partial charge on any atom is 0.230 e. The number of nitrogens with one attached hydrogen (secondary N) is 1. The van der Waals surface area contributed by atoms with Gasteiger partial charge in [0.15, 0.2) is 0 Å². The molecule has 1 saturated carbocycles. The zero-order valence-corrected chi connectivity index (χ0v) is 16.5. The molecule has 1 fully saturated rings. The maximum atomic E-state index is 13.3. The Morgan fingerprint density at radius 2 is 1.71 bits per heavy atom. The van der Waals surface area contributed by atoms with E-state index in [-0.39, 0.29) is 23.7 Å². The van der Waals surface area contributed by atoms with Gasteiger partial charge in [-0.1, -0.05) is 60.9 Å². The average molecular weight is 377 g/mol. The third kappa shape index (κ3) is 3.82. The second-order valence-corrected chi connectivity index (χ2v) is 8.07. The van der Waals surface area contributed by atoms with Gasteiger partial charge >= 0.3 is 0 Å². The first-order chi connectivity index (χ1) is 13.6. The van der Waals surface area contributed by atoms with Gasteiger partial charge in [-0.05, 0) is 43.4 Å². The summed E-state index contributed by atoms with van der Waals surface area (Å²) in [4.78, 5) is 28.2. The van der Waals surface area contributed by atoms with E-state index in [0.717, 1.165) is 49.9 Å². The second kappa shape index (κ2) is 8.17. The Bertz CT molecular complexity index is 859. The number of benzene rings is 2. The van der Waals surface area contributed by atoms with Crippen LogP contribution in [0.25, 0.3) is 0 Å². The summed E-state index contributed by atoms with van der Waals surface area (Å²) in [6, 6.07) is 16.3. The Morgan fingerprint density at radius 3 is 2.50 bits per heavy atom. The summed E-state index contributed by atoms with van der Waals surface area (Å²) in [5.41, 5.74) is 4.55. The summed E-state index contributed by atoms with van der Waals surface area (Å²) in [7, 11) is 0. The molecule has 0 spiro atoms. The molecule has 2 aliphatic rings. The highest BCUT2D eigenvalue weighted by atomic mass is 16.2. The predicted octanol–water partition coefficient (Wildman–Crippen LogP) is 4.01. The fourth-order valence-electron chi connectivity index (χ4n) is 4.53. The minimum Gasteiger partial charge on any atom is -0.352 e. The minimum atomic E-state index is -0.223. The highest BCUT2D eigenvalue weighted by Crippen LogP contribution is 2.35. The molecule has 0 aromatic heterocycles. The molecule has 2 atom stereocenters. The van der Waals surface area contributed by atoms with Crippen molar-refractivity contribution < 1.29 is 9.59 Å². The maximum absolute atomic E-state index is 13.3. The van der Waals surface area contributed by atoms with Crippen LogP contribution in [-0.2, 0) is 22.6 Å². The molecule has 2 unspecified atom stereocenters. The van der Waals surface area contributed by atoms with E-state index in [4.69, 9.17) is 0 Å². The Balaban J connectivity index is 1.44. The Morgan fingerprint density at radius 1 is 1.00 bits per heavy atom. The van der Waals surface area contributed by atoms with Gasteiger partial charge in [-0.2, -0.15) is 0 Å². The molecule has 2 aromatic rings. The van der Waals surface area contributed by atoms with Crippen LogP contribution in [0.3, 0.4) is 0 Å². The number of anilines is 1. The molecule has 0 saturated heterocycles. The third-order valence-electron chi connectivity index (χ3n) is 6.16. The zero-order valence-electron chi connectivity index (χ0n) is 16.5. The summed E-state index contributed by atoms with van der Waals surface area (Å²) >= 11 is 0. The van der Waals surface area contributed by atoms with Crippen LogP contribution in [0.4, 0.5) is 5.69 Å². The van der Waals surface area contributed by atoms with E-state index in [9.17, 15) is 9.59 Å². The van der Waals surface area contributed by atoms with Crippen molar-refractivity contribution in [3.63, 3.8) is 0 Å². The van der Waals surface area contributed by atoms with E-state index in [1.54, 1.807) is 0 Å². The smallest absolute Gasteiger partial charge is 0.230 e. The van der Waals surface area contributed by atoms with Crippen molar-refractivity contribution in [2.45, 2.75) is 45.6 Å². The standard InChI is InChI=1S/C24H28N2O2/c1-17-10-12-18(13-11-17)16-25-23(27)20-7-3-4-8-21(20)24(28)26-15-14-19-6-2-5-9-22(19)26/h2,5-6,9-13,20-21H,3-4,7-8,14-16H2,1H3,(H,25,27). The number of fused-ring (bicyclic) bond motifs is 1. The van der Waals surface area contributed by atoms with Crippen molar-refractivity contribution in [1.29, 1.82) is 0 Å². The van der Waals surface area contributed by atoms with Gasteiger partial charge in [0.1, 0.15) is 0 Å². The van der Waals surface area contributed by atoms with Gasteiger partial charge in [0.05, 0.1) is 5.92 Å². The fourth-order valence-corrected chi connectivity index (χ4v) is 4.53. The average Bonchev–Trinajstić information content (AvgIpc) is 3.17. The summed E-state index contributed by atoms with van der Waals surface area (Å²) in [6.45, 7) is 3.30. The van der Waals surface area contributed by atoms with Crippen LogP contribution in [0.5, 0.6) is 0 Å². The third-order valence-corrected chi connectivity index (χ3v) is 6.16. The van der Waals surface area contributed by atoms with E-state index in [2.05, 4.69) is 30.4 Å². The first kappa shape index (κ1) is 18.7. The molecule has 4 rings (SSSR count). The first-order valence-electron chi connectivity index (χ1n) is 10.4. The molecule has 1 heterocycles. The van der Waals surface area contributed by atoms with Crippen LogP contribution >= 0.6 is 0 Å². The van der Waals surface area contributed by atoms with Crippen LogP contribution in [0.2, 0.25) is 0 Å². The lowest BCUT2D eigenvalue weighted by Gasteiger charge is -2.32.